The average Bonchev–Trinajstić information content (AvgIpc) is 2.62. The Hall–Kier alpha value is -2.19. The maximum atomic E-state index is 12.2. The molecular weight excluding hydrogens is 432 g/mol. The first-order valence-electron chi connectivity index (χ1n) is 8.38. The highest BCUT2D eigenvalue weighted by Crippen LogP contribution is 2.14. The summed E-state index contributed by atoms with van der Waals surface area (Å²) in [6, 6.07) is 13.7. The molecule has 27 heavy (non-hydrogen) atoms. The predicted octanol–water partition coefficient (Wildman–Crippen LogP) is 3.07. The van der Waals surface area contributed by atoms with E-state index in [2.05, 4.69) is 26.6 Å². The summed E-state index contributed by atoms with van der Waals surface area (Å²) in [7, 11) is -3.50. The minimum Gasteiger partial charge on any atom is -0.356 e. The van der Waals surface area contributed by atoms with Crippen molar-refractivity contribution in [2.24, 2.45) is 0 Å². The lowest BCUT2D eigenvalue weighted by Crippen LogP contribution is -2.29. The third-order valence-electron chi connectivity index (χ3n) is 3.78. The lowest BCUT2D eigenvalue weighted by atomic mass is 10.2. The average molecular weight is 453 g/mol. The highest BCUT2D eigenvalue weighted by molar-refractivity contribution is 9.10. The van der Waals surface area contributed by atoms with Crippen molar-refractivity contribution < 1.29 is 18.0 Å². The zero-order chi connectivity index (χ0) is 19.9. The number of rotatable bonds is 8. The topological polar surface area (TPSA) is 92.3 Å². The van der Waals surface area contributed by atoms with Gasteiger partial charge in [-0.1, -0.05) is 33.6 Å². The number of carbonyl (C=O) groups excluding carboxylic acids is 2. The largest absolute Gasteiger partial charge is 0.356 e. The second kappa shape index (κ2) is 9.66. The van der Waals surface area contributed by atoms with E-state index in [0.29, 0.717) is 5.69 Å². The number of hydrogen-bond acceptors (Lipinski definition) is 4. The number of anilines is 1. The summed E-state index contributed by atoms with van der Waals surface area (Å²) in [6.07, 6.45) is -0.0446. The molecule has 2 aromatic carbocycles. The number of hydrogen-bond donors (Lipinski definition) is 2. The maximum Gasteiger partial charge on any atom is 0.226 e. The van der Waals surface area contributed by atoms with Crippen molar-refractivity contribution in [2.45, 2.75) is 24.7 Å². The maximum absolute atomic E-state index is 12.2. The molecule has 0 radical (unpaired) electrons. The monoisotopic (exact) mass is 452 g/mol. The van der Waals surface area contributed by atoms with Gasteiger partial charge in [0, 0.05) is 29.5 Å². The number of sulfone groups is 1. The van der Waals surface area contributed by atoms with Gasteiger partial charge in [0.15, 0.2) is 9.84 Å². The number of aryl methyl sites for hydroxylation is 1. The van der Waals surface area contributed by atoms with Crippen LogP contribution in [-0.2, 0) is 19.4 Å². The van der Waals surface area contributed by atoms with Gasteiger partial charge in [0.25, 0.3) is 0 Å². The highest BCUT2D eigenvalue weighted by Gasteiger charge is 2.16. The standard InChI is InChI=1S/C19H21BrN2O4S/c1-14-2-8-17(9-3-14)27(25,26)13-11-18(23)21-12-10-19(24)22-16-6-4-15(20)5-7-16/h2-9H,10-13H2,1H3,(H,21,23)(H,22,24). The fourth-order valence-electron chi connectivity index (χ4n) is 2.25. The first-order valence-corrected chi connectivity index (χ1v) is 10.8. The summed E-state index contributed by atoms with van der Waals surface area (Å²) in [4.78, 5) is 23.9. The predicted molar refractivity (Wildman–Crippen MR) is 108 cm³/mol. The third kappa shape index (κ3) is 7.15. The zero-order valence-corrected chi connectivity index (χ0v) is 17.3. The van der Waals surface area contributed by atoms with E-state index in [-0.39, 0.29) is 35.9 Å². The molecule has 2 rings (SSSR count). The zero-order valence-electron chi connectivity index (χ0n) is 14.9. The molecule has 2 N–H and O–H groups in total. The number of carbonyl (C=O) groups is 2. The number of nitrogens with one attached hydrogen (secondary N) is 2. The Bertz CT molecular complexity index is 894. The Kier molecular flexibility index (Phi) is 7.55. The molecule has 0 fully saturated rings. The molecule has 2 amide bonds. The normalized spacial score (nSPS) is 11.0. The van der Waals surface area contributed by atoms with Gasteiger partial charge in [0.2, 0.25) is 11.8 Å². The van der Waals surface area contributed by atoms with Gasteiger partial charge < -0.3 is 10.6 Å². The first-order chi connectivity index (χ1) is 12.8. The SMILES string of the molecule is Cc1ccc(S(=O)(=O)CCC(=O)NCCC(=O)Nc2ccc(Br)cc2)cc1. The summed E-state index contributed by atoms with van der Waals surface area (Å²) in [6.45, 7) is 2.02. The van der Waals surface area contributed by atoms with Crippen molar-refractivity contribution in [3.63, 3.8) is 0 Å². The van der Waals surface area contributed by atoms with Crippen molar-refractivity contribution >= 4 is 43.3 Å². The summed E-state index contributed by atoms with van der Waals surface area (Å²) >= 11 is 3.31. The van der Waals surface area contributed by atoms with E-state index in [1.165, 1.54) is 12.1 Å². The summed E-state index contributed by atoms with van der Waals surface area (Å²) in [5.41, 5.74) is 1.63. The van der Waals surface area contributed by atoms with E-state index in [1.54, 1.807) is 24.3 Å². The van der Waals surface area contributed by atoms with E-state index < -0.39 is 15.7 Å². The minimum atomic E-state index is -3.50. The molecule has 0 aliphatic carbocycles. The van der Waals surface area contributed by atoms with E-state index >= 15 is 0 Å². The second-order valence-corrected chi connectivity index (χ2v) is 9.06. The second-order valence-electron chi connectivity index (χ2n) is 6.04. The first kappa shape index (κ1) is 21.1. The fourth-order valence-corrected chi connectivity index (χ4v) is 3.76. The molecule has 0 aromatic heterocycles. The molecule has 0 spiro atoms. The van der Waals surface area contributed by atoms with Crippen LogP contribution in [0.25, 0.3) is 0 Å². The van der Waals surface area contributed by atoms with Crippen LogP contribution in [0, 0.1) is 6.92 Å². The number of amides is 2. The third-order valence-corrected chi connectivity index (χ3v) is 6.04. The molecule has 0 aliphatic rings. The Labute approximate surface area is 167 Å². The van der Waals surface area contributed by atoms with Crippen molar-refractivity contribution in [3.05, 3.63) is 58.6 Å². The van der Waals surface area contributed by atoms with E-state index in [0.717, 1.165) is 10.0 Å². The Morgan fingerprint density at radius 2 is 1.56 bits per heavy atom. The quantitative estimate of drug-likeness (QED) is 0.643. The van der Waals surface area contributed by atoms with Gasteiger partial charge in [-0.2, -0.15) is 0 Å². The molecule has 6 nitrogen and oxygen atoms in total. The van der Waals surface area contributed by atoms with Crippen LogP contribution in [0.5, 0.6) is 0 Å². The van der Waals surface area contributed by atoms with E-state index in [4.69, 9.17) is 0 Å². The molecule has 0 bridgehead atoms. The Morgan fingerprint density at radius 3 is 2.19 bits per heavy atom. The van der Waals surface area contributed by atoms with Crippen molar-refractivity contribution in [2.75, 3.05) is 17.6 Å². The molecule has 0 saturated heterocycles. The Balaban J connectivity index is 1.72. The molecule has 0 heterocycles. The van der Waals surface area contributed by atoms with Crippen LogP contribution >= 0.6 is 15.9 Å². The number of benzene rings is 2. The van der Waals surface area contributed by atoms with Gasteiger partial charge in [0.1, 0.15) is 0 Å². The summed E-state index contributed by atoms with van der Waals surface area (Å²) < 4.78 is 25.3. The lowest BCUT2D eigenvalue weighted by molar-refractivity contribution is -0.120. The molecule has 0 atom stereocenters. The van der Waals surface area contributed by atoms with Crippen LogP contribution in [-0.4, -0.2) is 32.5 Å². The number of halogens is 1. The van der Waals surface area contributed by atoms with Crippen molar-refractivity contribution in [1.82, 2.24) is 5.32 Å². The van der Waals surface area contributed by atoms with E-state index in [1.807, 2.05) is 19.1 Å². The van der Waals surface area contributed by atoms with E-state index in [9.17, 15) is 18.0 Å². The molecule has 0 unspecified atom stereocenters. The fraction of sp³-hybridized carbons (Fsp3) is 0.263. The molecule has 0 saturated carbocycles. The van der Waals surface area contributed by atoms with Crippen LogP contribution in [0.1, 0.15) is 18.4 Å². The van der Waals surface area contributed by atoms with Crippen molar-refractivity contribution in [1.29, 1.82) is 0 Å². The minimum absolute atomic E-state index is 0.104. The molecule has 0 aliphatic heterocycles. The van der Waals surface area contributed by atoms with Gasteiger partial charge in [-0.05, 0) is 43.3 Å². The van der Waals surface area contributed by atoms with Crippen LogP contribution in [0.15, 0.2) is 57.9 Å². The van der Waals surface area contributed by atoms with Gasteiger partial charge in [-0.15, -0.1) is 0 Å². The van der Waals surface area contributed by atoms with Crippen molar-refractivity contribution in [3.8, 4) is 0 Å². The van der Waals surface area contributed by atoms with Gasteiger partial charge in [-0.25, -0.2) is 8.42 Å². The Morgan fingerprint density at radius 1 is 0.926 bits per heavy atom. The molecule has 8 heteroatoms. The van der Waals surface area contributed by atoms with Gasteiger partial charge in [-0.3, -0.25) is 9.59 Å². The summed E-state index contributed by atoms with van der Waals surface area (Å²) in [5, 5.41) is 5.29. The lowest BCUT2D eigenvalue weighted by Gasteiger charge is -2.08. The van der Waals surface area contributed by atoms with Crippen LogP contribution in [0.4, 0.5) is 5.69 Å². The molecule has 2 aromatic rings. The van der Waals surface area contributed by atoms with Crippen LogP contribution in [0.2, 0.25) is 0 Å². The molecular formula is C19H21BrN2O4S. The molecule has 144 valence electrons. The van der Waals surface area contributed by atoms with Crippen LogP contribution in [0.3, 0.4) is 0 Å². The van der Waals surface area contributed by atoms with Gasteiger partial charge >= 0.3 is 0 Å². The van der Waals surface area contributed by atoms with Gasteiger partial charge in [0.05, 0.1) is 10.6 Å². The summed E-state index contributed by atoms with van der Waals surface area (Å²) in [5.74, 6) is -0.903. The van der Waals surface area contributed by atoms with Crippen LogP contribution < -0.4 is 10.6 Å². The highest BCUT2D eigenvalue weighted by atomic mass is 79.9. The smallest absolute Gasteiger partial charge is 0.226 e.